The van der Waals surface area contributed by atoms with Gasteiger partial charge in [0.2, 0.25) is 10.0 Å². The molecule has 1 aromatic rings. The number of benzene rings is 1. The number of nitrogens with one attached hydrogen (secondary N) is 3. The van der Waals surface area contributed by atoms with E-state index in [0.717, 1.165) is 18.1 Å². The zero-order valence-electron chi connectivity index (χ0n) is 15.1. The summed E-state index contributed by atoms with van der Waals surface area (Å²) in [5, 5.41) is 6.69. The van der Waals surface area contributed by atoms with Crippen LogP contribution in [0.4, 0.5) is 0 Å². The molecule has 0 spiro atoms. The largest absolute Gasteiger partial charge is 0.356 e. The number of nitrogens with zero attached hydrogens (tertiary/aromatic N) is 1. The van der Waals surface area contributed by atoms with Crippen LogP contribution in [0.3, 0.4) is 0 Å². The number of rotatable bonds is 7. The van der Waals surface area contributed by atoms with Gasteiger partial charge in [-0.25, -0.2) is 13.1 Å². The Morgan fingerprint density at radius 2 is 1.84 bits per heavy atom. The molecule has 25 heavy (non-hydrogen) atoms. The summed E-state index contributed by atoms with van der Waals surface area (Å²) < 4.78 is 25.7. The van der Waals surface area contributed by atoms with Crippen LogP contribution in [-0.4, -0.2) is 35.0 Å². The fraction of sp³-hybridized carbons (Fsp3) is 0.588. The van der Waals surface area contributed by atoms with Crippen molar-refractivity contribution in [3.05, 3.63) is 29.8 Å². The molecule has 1 saturated carbocycles. The van der Waals surface area contributed by atoms with E-state index in [4.69, 9.17) is 0 Å². The molecule has 1 aromatic carbocycles. The average Bonchev–Trinajstić information content (AvgIpc) is 2.57. The lowest BCUT2D eigenvalue weighted by atomic mass is 9.67. The molecule has 142 valence electrons. The molecule has 2 rings (SSSR count). The molecular formula is C17H29IN4O2S. The molecule has 3 N–H and O–H groups in total. The molecule has 1 fully saturated rings. The molecule has 1 aliphatic carbocycles. The summed E-state index contributed by atoms with van der Waals surface area (Å²) in [4.78, 5) is 4.53. The van der Waals surface area contributed by atoms with Crippen molar-refractivity contribution < 1.29 is 8.42 Å². The van der Waals surface area contributed by atoms with E-state index >= 15 is 0 Å². The van der Waals surface area contributed by atoms with Gasteiger partial charge in [0.05, 0.1) is 4.90 Å². The standard InChI is InChI=1S/C17H28N4O2S.HI/c1-4-17(10-5-11-17)13-21-16(18-2)20-12-14-6-8-15(9-7-14)24(22,23)19-3;/h6-9,19H,4-5,10-13H2,1-3H3,(H2,18,20,21);1H. The van der Waals surface area contributed by atoms with E-state index < -0.39 is 10.0 Å². The molecule has 0 aliphatic heterocycles. The van der Waals surface area contributed by atoms with Crippen molar-refractivity contribution in [3.8, 4) is 0 Å². The van der Waals surface area contributed by atoms with Crippen molar-refractivity contribution in [2.24, 2.45) is 10.4 Å². The number of aliphatic imine (C=N–C) groups is 1. The summed E-state index contributed by atoms with van der Waals surface area (Å²) in [5.41, 5.74) is 1.43. The normalized spacial score (nSPS) is 16.5. The molecule has 0 unspecified atom stereocenters. The molecule has 0 saturated heterocycles. The lowest BCUT2D eigenvalue weighted by Crippen LogP contribution is -2.46. The van der Waals surface area contributed by atoms with E-state index in [1.165, 1.54) is 32.7 Å². The highest BCUT2D eigenvalue weighted by molar-refractivity contribution is 14.0. The predicted molar refractivity (Wildman–Crippen MR) is 113 cm³/mol. The van der Waals surface area contributed by atoms with E-state index in [-0.39, 0.29) is 28.9 Å². The highest BCUT2D eigenvalue weighted by atomic mass is 127. The van der Waals surface area contributed by atoms with E-state index in [2.05, 4.69) is 27.3 Å². The van der Waals surface area contributed by atoms with Crippen LogP contribution in [0.15, 0.2) is 34.2 Å². The Bertz CT molecular complexity index is 665. The first kappa shape index (κ1) is 22.2. The molecule has 0 radical (unpaired) electrons. The Balaban J connectivity index is 0.00000312. The van der Waals surface area contributed by atoms with E-state index in [0.29, 0.717) is 12.0 Å². The van der Waals surface area contributed by atoms with Gasteiger partial charge in [-0.2, -0.15) is 0 Å². The summed E-state index contributed by atoms with van der Waals surface area (Å²) >= 11 is 0. The van der Waals surface area contributed by atoms with Gasteiger partial charge in [0, 0.05) is 20.1 Å². The average molecular weight is 480 g/mol. The van der Waals surface area contributed by atoms with Crippen LogP contribution in [0.25, 0.3) is 0 Å². The SMILES string of the molecule is CCC1(CNC(=NC)NCc2ccc(S(=O)(=O)NC)cc2)CCC1.I. The van der Waals surface area contributed by atoms with Crippen molar-refractivity contribution in [1.82, 2.24) is 15.4 Å². The summed E-state index contributed by atoms with van der Waals surface area (Å²) in [5.74, 6) is 0.779. The van der Waals surface area contributed by atoms with Gasteiger partial charge in [-0.05, 0) is 49.4 Å². The molecule has 0 amide bonds. The Labute approximate surface area is 168 Å². The minimum Gasteiger partial charge on any atom is -0.356 e. The molecule has 6 nitrogen and oxygen atoms in total. The second kappa shape index (κ2) is 9.72. The first-order valence-corrected chi connectivity index (χ1v) is 9.90. The maximum absolute atomic E-state index is 11.7. The van der Waals surface area contributed by atoms with Gasteiger partial charge in [-0.3, -0.25) is 4.99 Å². The Morgan fingerprint density at radius 1 is 1.20 bits per heavy atom. The van der Waals surface area contributed by atoms with Crippen LogP contribution in [0.1, 0.15) is 38.2 Å². The monoisotopic (exact) mass is 480 g/mol. The van der Waals surface area contributed by atoms with Gasteiger partial charge in [-0.15, -0.1) is 24.0 Å². The summed E-state index contributed by atoms with van der Waals surface area (Å²) in [6.07, 6.45) is 5.09. The van der Waals surface area contributed by atoms with Crippen molar-refractivity contribution in [1.29, 1.82) is 0 Å². The minimum absolute atomic E-state index is 0. The fourth-order valence-corrected chi connectivity index (χ4v) is 3.64. The third-order valence-corrected chi connectivity index (χ3v) is 6.41. The van der Waals surface area contributed by atoms with Gasteiger partial charge >= 0.3 is 0 Å². The number of hydrogen-bond donors (Lipinski definition) is 3. The third-order valence-electron chi connectivity index (χ3n) is 4.98. The molecule has 0 bridgehead atoms. The zero-order valence-corrected chi connectivity index (χ0v) is 18.3. The molecule has 0 aromatic heterocycles. The van der Waals surface area contributed by atoms with Crippen molar-refractivity contribution >= 4 is 40.0 Å². The van der Waals surface area contributed by atoms with Gasteiger partial charge in [0.15, 0.2) is 5.96 Å². The minimum atomic E-state index is -3.38. The number of sulfonamides is 1. The first-order chi connectivity index (χ1) is 11.4. The third kappa shape index (κ3) is 5.82. The summed E-state index contributed by atoms with van der Waals surface area (Å²) in [7, 11) is -0.212. The smallest absolute Gasteiger partial charge is 0.240 e. The molecule has 0 heterocycles. The second-order valence-corrected chi connectivity index (χ2v) is 8.22. The summed E-state index contributed by atoms with van der Waals surface area (Å²) in [6, 6.07) is 6.84. The van der Waals surface area contributed by atoms with Crippen molar-refractivity contribution in [2.75, 3.05) is 20.6 Å². The predicted octanol–water partition coefficient (Wildman–Crippen LogP) is 2.46. The van der Waals surface area contributed by atoms with Gasteiger partial charge in [-0.1, -0.05) is 25.5 Å². The van der Waals surface area contributed by atoms with Crippen LogP contribution in [0.5, 0.6) is 0 Å². The maximum Gasteiger partial charge on any atom is 0.240 e. The zero-order chi connectivity index (χ0) is 17.6. The second-order valence-electron chi connectivity index (χ2n) is 6.34. The topological polar surface area (TPSA) is 82.6 Å². The van der Waals surface area contributed by atoms with E-state index in [1.807, 2.05) is 12.1 Å². The quantitative estimate of drug-likeness (QED) is 0.318. The first-order valence-electron chi connectivity index (χ1n) is 8.42. The molecule has 0 atom stereocenters. The summed E-state index contributed by atoms with van der Waals surface area (Å²) in [6.45, 7) is 3.79. The van der Waals surface area contributed by atoms with Crippen LogP contribution >= 0.6 is 24.0 Å². The lowest BCUT2D eigenvalue weighted by Gasteiger charge is -2.41. The Hall–Kier alpha value is -0.870. The van der Waals surface area contributed by atoms with E-state index in [9.17, 15) is 8.42 Å². The Kier molecular flexibility index (Phi) is 8.62. The maximum atomic E-state index is 11.7. The molecule has 8 heteroatoms. The van der Waals surface area contributed by atoms with Crippen LogP contribution in [0.2, 0.25) is 0 Å². The molecule has 1 aliphatic rings. The van der Waals surface area contributed by atoms with Crippen molar-refractivity contribution in [2.45, 2.75) is 44.0 Å². The highest BCUT2D eigenvalue weighted by Crippen LogP contribution is 2.42. The van der Waals surface area contributed by atoms with Gasteiger partial charge in [0.1, 0.15) is 0 Å². The lowest BCUT2D eigenvalue weighted by molar-refractivity contribution is 0.131. The van der Waals surface area contributed by atoms with Crippen LogP contribution in [0, 0.1) is 5.41 Å². The number of halogens is 1. The van der Waals surface area contributed by atoms with E-state index in [1.54, 1.807) is 19.2 Å². The number of hydrogen-bond acceptors (Lipinski definition) is 3. The molecular weight excluding hydrogens is 451 g/mol. The van der Waals surface area contributed by atoms with Crippen LogP contribution < -0.4 is 15.4 Å². The van der Waals surface area contributed by atoms with Crippen molar-refractivity contribution in [3.63, 3.8) is 0 Å². The van der Waals surface area contributed by atoms with Crippen LogP contribution in [-0.2, 0) is 16.6 Å². The van der Waals surface area contributed by atoms with Gasteiger partial charge in [0.25, 0.3) is 0 Å². The highest BCUT2D eigenvalue weighted by Gasteiger charge is 2.34. The number of guanidine groups is 1. The fourth-order valence-electron chi connectivity index (χ4n) is 2.91. The Morgan fingerprint density at radius 3 is 2.28 bits per heavy atom. The van der Waals surface area contributed by atoms with Gasteiger partial charge < -0.3 is 10.6 Å².